The van der Waals surface area contributed by atoms with Gasteiger partial charge in [-0.25, -0.2) is 4.18 Å². The highest BCUT2D eigenvalue weighted by molar-refractivity contribution is 7.81. The van der Waals surface area contributed by atoms with Gasteiger partial charge in [-0.2, -0.15) is 13.1 Å². The molecule has 7 heteroatoms. The average Bonchev–Trinajstić information content (AvgIpc) is 2.18. The number of quaternary nitrogens is 1. The summed E-state index contributed by atoms with van der Waals surface area (Å²) in [6.45, 7) is 7.05. The molecule has 90 valence electrons. The second kappa shape index (κ2) is 5.22. The molecule has 1 N–H and O–H groups in total. The summed E-state index contributed by atoms with van der Waals surface area (Å²) in [5.74, 6) is 0. The maximum Gasteiger partial charge on any atom is 0.444 e. The van der Waals surface area contributed by atoms with Crippen LogP contribution in [0.4, 0.5) is 0 Å². The van der Waals surface area contributed by atoms with Gasteiger partial charge in [-0.15, -0.1) is 0 Å². The van der Waals surface area contributed by atoms with Crippen LogP contribution in [0.2, 0.25) is 0 Å². The topological polar surface area (TPSA) is 64.6 Å². The molecule has 1 rings (SSSR count). The van der Waals surface area contributed by atoms with Gasteiger partial charge in [-0.05, 0) is 18.1 Å². The van der Waals surface area contributed by atoms with E-state index >= 15 is 0 Å². The molecular formula is C8H19N2O4S+. The monoisotopic (exact) mass is 239 g/mol. The normalized spacial score (nSPS) is 21.5. The Kier molecular flexibility index (Phi) is 4.47. The first-order valence-corrected chi connectivity index (χ1v) is 6.54. The third kappa shape index (κ3) is 3.69. The van der Waals surface area contributed by atoms with Gasteiger partial charge in [0.1, 0.15) is 19.6 Å². The van der Waals surface area contributed by atoms with Crippen molar-refractivity contribution in [2.45, 2.75) is 13.8 Å². The number of hydroxylamine groups is 3. The van der Waals surface area contributed by atoms with Crippen LogP contribution in [0.5, 0.6) is 0 Å². The second-order valence-electron chi connectivity index (χ2n) is 3.46. The zero-order valence-corrected chi connectivity index (χ0v) is 10.0. The van der Waals surface area contributed by atoms with Crippen molar-refractivity contribution in [1.29, 1.82) is 0 Å². The SMILES string of the molecule is CCOS(=O)(=O)O[N+]1(CC)CCNCC1. The van der Waals surface area contributed by atoms with Crippen LogP contribution in [0, 0.1) is 0 Å². The van der Waals surface area contributed by atoms with Crippen LogP contribution >= 0.6 is 0 Å². The van der Waals surface area contributed by atoms with Gasteiger partial charge in [0.2, 0.25) is 0 Å². The summed E-state index contributed by atoms with van der Waals surface area (Å²) in [6.07, 6.45) is 0. The minimum atomic E-state index is -3.86. The summed E-state index contributed by atoms with van der Waals surface area (Å²) in [6, 6.07) is 0. The molecular weight excluding hydrogens is 220 g/mol. The molecule has 0 aliphatic carbocycles. The maximum atomic E-state index is 11.4. The van der Waals surface area contributed by atoms with Gasteiger partial charge in [0.15, 0.2) is 0 Å². The highest BCUT2D eigenvalue weighted by atomic mass is 32.3. The van der Waals surface area contributed by atoms with E-state index in [-0.39, 0.29) is 11.3 Å². The molecule has 1 heterocycles. The van der Waals surface area contributed by atoms with Crippen LogP contribution in [-0.4, -0.2) is 52.4 Å². The van der Waals surface area contributed by atoms with Gasteiger partial charge >= 0.3 is 10.4 Å². The molecule has 0 aromatic carbocycles. The molecule has 0 aromatic rings. The van der Waals surface area contributed by atoms with E-state index in [2.05, 4.69) is 9.50 Å². The van der Waals surface area contributed by atoms with Crippen molar-refractivity contribution in [2.75, 3.05) is 39.3 Å². The number of nitrogens with one attached hydrogen (secondary N) is 1. The van der Waals surface area contributed by atoms with Gasteiger partial charge in [-0.3, -0.25) is 0 Å². The largest absolute Gasteiger partial charge is 0.444 e. The Morgan fingerprint density at radius 3 is 2.33 bits per heavy atom. The summed E-state index contributed by atoms with van der Waals surface area (Å²) >= 11 is 0. The van der Waals surface area contributed by atoms with Gasteiger partial charge in [-0.1, -0.05) is 0 Å². The van der Waals surface area contributed by atoms with Gasteiger partial charge in [0, 0.05) is 13.1 Å². The molecule has 1 aliphatic heterocycles. The van der Waals surface area contributed by atoms with Crippen molar-refractivity contribution in [3.05, 3.63) is 0 Å². The zero-order chi connectivity index (χ0) is 11.4. The summed E-state index contributed by atoms with van der Waals surface area (Å²) in [7, 11) is -3.86. The number of hydrogen-bond acceptors (Lipinski definition) is 5. The van der Waals surface area contributed by atoms with Crippen LogP contribution < -0.4 is 5.32 Å². The first-order chi connectivity index (χ1) is 7.04. The van der Waals surface area contributed by atoms with Crippen LogP contribution in [0.15, 0.2) is 0 Å². The van der Waals surface area contributed by atoms with Crippen molar-refractivity contribution in [3.8, 4) is 0 Å². The quantitative estimate of drug-likeness (QED) is 0.664. The van der Waals surface area contributed by atoms with Crippen LogP contribution in [0.3, 0.4) is 0 Å². The number of likely N-dealkylation sites (N-methyl/N-ethyl adjacent to an activating group) is 1. The molecule has 15 heavy (non-hydrogen) atoms. The van der Waals surface area contributed by atoms with E-state index < -0.39 is 10.4 Å². The van der Waals surface area contributed by atoms with Crippen LogP contribution in [0.25, 0.3) is 0 Å². The average molecular weight is 239 g/mol. The third-order valence-electron chi connectivity index (χ3n) is 2.48. The van der Waals surface area contributed by atoms with E-state index in [1.165, 1.54) is 0 Å². The number of nitrogens with zero attached hydrogens (tertiary/aromatic N) is 1. The molecule has 0 saturated carbocycles. The number of rotatable bonds is 5. The molecule has 6 nitrogen and oxygen atoms in total. The van der Waals surface area contributed by atoms with E-state index in [0.29, 0.717) is 19.6 Å². The minimum Gasteiger partial charge on any atom is -0.306 e. The first kappa shape index (κ1) is 12.9. The van der Waals surface area contributed by atoms with E-state index in [1.54, 1.807) is 6.92 Å². The van der Waals surface area contributed by atoms with Crippen LogP contribution in [-0.2, 0) is 18.9 Å². The summed E-state index contributed by atoms with van der Waals surface area (Å²) in [5.41, 5.74) is 0. The minimum absolute atomic E-state index is 0.101. The van der Waals surface area contributed by atoms with E-state index in [1.807, 2.05) is 6.92 Å². The summed E-state index contributed by atoms with van der Waals surface area (Å²) in [4.78, 5) is 0. The Hall–Kier alpha value is -0.210. The van der Waals surface area contributed by atoms with Crippen molar-refractivity contribution in [2.24, 2.45) is 0 Å². The Labute approximate surface area is 91.0 Å². The highest BCUT2D eigenvalue weighted by Gasteiger charge is 2.36. The second-order valence-corrected chi connectivity index (χ2v) is 4.66. The molecule has 1 saturated heterocycles. The zero-order valence-electron chi connectivity index (χ0n) is 9.23. The lowest BCUT2D eigenvalue weighted by Gasteiger charge is -2.35. The molecule has 0 bridgehead atoms. The van der Waals surface area contributed by atoms with E-state index in [9.17, 15) is 8.42 Å². The van der Waals surface area contributed by atoms with Crippen molar-refractivity contribution in [1.82, 2.24) is 5.32 Å². The molecule has 0 unspecified atom stereocenters. The Balaban J connectivity index is 2.66. The predicted molar refractivity (Wildman–Crippen MR) is 55.0 cm³/mol. The van der Waals surface area contributed by atoms with Crippen molar-refractivity contribution in [3.63, 3.8) is 0 Å². The Morgan fingerprint density at radius 2 is 1.87 bits per heavy atom. The van der Waals surface area contributed by atoms with E-state index in [4.69, 9.17) is 4.28 Å². The number of piperazine rings is 1. The Morgan fingerprint density at radius 1 is 1.27 bits per heavy atom. The lowest BCUT2D eigenvalue weighted by atomic mass is 10.3. The molecule has 1 aliphatic rings. The lowest BCUT2D eigenvalue weighted by molar-refractivity contribution is -1.08. The first-order valence-electron chi connectivity index (χ1n) is 5.21. The smallest absolute Gasteiger partial charge is 0.306 e. The Bertz CT molecular complexity index is 285. The maximum absolute atomic E-state index is 11.4. The van der Waals surface area contributed by atoms with Crippen molar-refractivity contribution < 1.29 is 21.5 Å². The molecule has 0 aromatic heterocycles. The van der Waals surface area contributed by atoms with E-state index in [0.717, 1.165) is 13.1 Å². The van der Waals surface area contributed by atoms with Gasteiger partial charge in [0.05, 0.1) is 6.61 Å². The number of hydrogen-bond donors (Lipinski definition) is 1. The molecule has 0 radical (unpaired) electrons. The van der Waals surface area contributed by atoms with Crippen molar-refractivity contribution >= 4 is 10.4 Å². The van der Waals surface area contributed by atoms with Crippen LogP contribution in [0.1, 0.15) is 13.8 Å². The fourth-order valence-corrected chi connectivity index (χ4v) is 2.58. The summed E-state index contributed by atoms with van der Waals surface area (Å²) in [5, 5.41) is 3.16. The molecule has 0 atom stereocenters. The lowest BCUT2D eigenvalue weighted by Crippen LogP contribution is -2.59. The third-order valence-corrected chi connectivity index (χ3v) is 3.50. The molecule has 0 amide bonds. The highest BCUT2D eigenvalue weighted by Crippen LogP contribution is 2.14. The molecule has 1 fully saturated rings. The fraction of sp³-hybridized carbons (Fsp3) is 1.00. The molecule has 0 spiro atoms. The summed E-state index contributed by atoms with van der Waals surface area (Å²) < 4.78 is 32.6. The van der Waals surface area contributed by atoms with Gasteiger partial charge in [0.25, 0.3) is 0 Å². The standard InChI is InChI=1S/C8H19N2O4S/c1-3-10(7-5-9-6-8-10)14-15(11,12)13-4-2/h9H,3-8H2,1-2H3/q+1. The van der Waals surface area contributed by atoms with Gasteiger partial charge < -0.3 is 5.32 Å². The fourth-order valence-electron chi connectivity index (χ4n) is 1.61. The predicted octanol–water partition coefficient (Wildman–Crippen LogP) is -0.361.